The van der Waals surface area contributed by atoms with E-state index in [1.807, 2.05) is 0 Å². The summed E-state index contributed by atoms with van der Waals surface area (Å²) in [6, 6.07) is 3.10. The van der Waals surface area contributed by atoms with E-state index in [0.717, 1.165) is 19.3 Å². The van der Waals surface area contributed by atoms with Gasteiger partial charge in [-0.2, -0.15) is 4.39 Å². The third-order valence-corrected chi connectivity index (χ3v) is 5.27. The summed E-state index contributed by atoms with van der Waals surface area (Å²) in [6.07, 6.45) is 7.87. The Morgan fingerprint density at radius 2 is 2.17 bits per heavy atom. The predicted octanol–water partition coefficient (Wildman–Crippen LogP) is 3.35. The van der Waals surface area contributed by atoms with Crippen molar-refractivity contribution in [2.75, 3.05) is 6.61 Å². The lowest BCUT2D eigenvalue weighted by Gasteiger charge is -2.32. The van der Waals surface area contributed by atoms with Crippen molar-refractivity contribution in [1.82, 2.24) is 14.7 Å². The number of imidazole rings is 1. The van der Waals surface area contributed by atoms with Crippen LogP contribution in [0.25, 0.3) is 5.65 Å². The number of ether oxygens (including phenoxy) is 1. The molecule has 4 rings (SSSR count). The fourth-order valence-corrected chi connectivity index (χ4v) is 4.03. The largest absolute Gasteiger partial charge is 0.373 e. The molecule has 1 saturated carbocycles. The monoisotopic (exact) mass is 351 g/mol. The van der Waals surface area contributed by atoms with E-state index in [1.54, 1.807) is 12.1 Å². The molecule has 3 heterocycles. The summed E-state index contributed by atoms with van der Waals surface area (Å²) in [5.41, 5.74) is 0.0524. The summed E-state index contributed by atoms with van der Waals surface area (Å²) in [5.74, 6) is -1.20. The number of fused-ring (bicyclic) bond motifs is 1. The molecule has 2 aliphatic rings. The molecule has 1 aliphatic heterocycles. The molecule has 1 amide bonds. The molecule has 1 spiro atoms. The molecule has 1 unspecified atom stereocenters. The summed E-state index contributed by atoms with van der Waals surface area (Å²) in [4.78, 5) is 16.5. The Morgan fingerprint density at radius 1 is 1.38 bits per heavy atom. The van der Waals surface area contributed by atoms with Gasteiger partial charge in [-0.3, -0.25) is 9.20 Å². The average Bonchev–Trinajstić information content (AvgIpc) is 3.10. The van der Waals surface area contributed by atoms with Crippen LogP contribution in [-0.2, 0) is 4.74 Å². The Hall–Kier alpha value is -1.66. The number of pyridine rings is 1. The van der Waals surface area contributed by atoms with E-state index in [-0.39, 0.29) is 17.3 Å². The van der Waals surface area contributed by atoms with Crippen LogP contribution in [0.2, 0.25) is 5.02 Å². The van der Waals surface area contributed by atoms with Crippen molar-refractivity contribution >= 4 is 23.2 Å². The summed E-state index contributed by atoms with van der Waals surface area (Å²) in [6.45, 7) is 0.479. The van der Waals surface area contributed by atoms with Crippen LogP contribution >= 0.6 is 11.6 Å². The smallest absolute Gasteiger partial charge is 0.274 e. The summed E-state index contributed by atoms with van der Waals surface area (Å²) in [7, 11) is 0. The van der Waals surface area contributed by atoms with Gasteiger partial charge in [0.25, 0.3) is 5.91 Å². The van der Waals surface area contributed by atoms with Crippen LogP contribution in [0.1, 0.15) is 49.0 Å². The minimum atomic E-state index is -0.698. The molecule has 0 bridgehead atoms. The van der Waals surface area contributed by atoms with Gasteiger partial charge in [0.05, 0.1) is 23.3 Å². The van der Waals surface area contributed by atoms with Gasteiger partial charge in [0, 0.05) is 6.20 Å². The molecule has 2 fully saturated rings. The van der Waals surface area contributed by atoms with Crippen molar-refractivity contribution in [3.05, 3.63) is 35.0 Å². The number of carbonyl (C=O) groups excluding carboxylic acids is 1. The van der Waals surface area contributed by atoms with E-state index in [0.29, 0.717) is 17.3 Å². The van der Waals surface area contributed by atoms with Crippen LogP contribution in [0.15, 0.2) is 18.3 Å². The fourth-order valence-electron chi connectivity index (χ4n) is 3.87. The lowest BCUT2D eigenvalue weighted by Crippen LogP contribution is -2.37. The van der Waals surface area contributed by atoms with E-state index >= 15 is 0 Å². The number of hydrogen-bond donors (Lipinski definition) is 1. The number of nitrogens with zero attached hydrogens (tertiary/aromatic N) is 2. The summed E-state index contributed by atoms with van der Waals surface area (Å²) < 4.78 is 21.6. The van der Waals surface area contributed by atoms with Crippen molar-refractivity contribution < 1.29 is 13.9 Å². The lowest BCUT2D eigenvalue weighted by atomic mass is 9.82. The molecule has 128 valence electrons. The summed E-state index contributed by atoms with van der Waals surface area (Å²) in [5, 5.41) is 3.25. The third-order valence-electron chi connectivity index (χ3n) is 5.05. The molecule has 1 saturated heterocycles. The van der Waals surface area contributed by atoms with Crippen molar-refractivity contribution in [1.29, 1.82) is 0 Å². The van der Waals surface area contributed by atoms with Gasteiger partial charge >= 0.3 is 0 Å². The Labute approximate surface area is 144 Å². The molecule has 1 atom stereocenters. The molecule has 0 aromatic carbocycles. The van der Waals surface area contributed by atoms with E-state index in [1.165, 1.54) is 29.9 Å². The number of carbonyl (C=O) groups is 1. The SMILES string of the molecule is O=C(NC1COC2(CCCCC2)C1)c1nc2ccc(Cl)cn2c1F. The van der Waals surface area contributed by atoms with Crippen LogP contribution in [0.3, 0.4) is 0 Å². The first-order valence-corrected chi connectivity index (χ1v) is 8.72. The highest BCUT2D eigenvalue weighted by Crippen LogP contribution is 2.39. The quantitative estimate of drug-likeness (QED) is 0.902. The second-order valence-electron chi connectivity index (χ2n) is 6.76. The minimum absolute atomic E-state index is 0.0941. The van der Waals surface area contributed by atoms with E-state index < -0.39 is 11.9 Å². The number of aromatic nitrogens is 2. The van der Waals surface area contributed by atoms with Gasteiger partial charge in [0.2, 0.25) is 5.95 Å². The molecule has 5 nitrogen and oxygen atoms in total. The molecular weight excluding hydrogens is 333 g/mol. The maximum atomic E-state index is 14.4. The van der Waals surface area contributed by atoms with Crippen molar-refractivity contribution in [3.8, 4) is 0 Å². The molecule has 24 heavy (non-hydrogen) atoms. The third kappa shape index (κ3) is 2.78. The Kier molecular flexibility index (Phi) is 3.96. The first kappa shape index (κ1) is 15.8. The molecule has 1 N–H and O–H groups in total. The van der Waals surface area contributed by atoms with Gasteiger partial charge in [-0.25, -0.2) is 4.98 Å². The first-order valence-electron chi connectivity index (χ1n) is 8.34. The number of amides is 1. The van der Waals surface area contributed by atoms with Crippen LogP contribution in [0, 0.1) is 5.95 Å². The lowest BCUT2D eigenvalue weighted by molar-refractivity contribution is -0.0246. The highest BCUT2D eigenvalue weighted by Gasteiger charge is 2.41. The Morgan fingerprint density at radius 3 is 2.96 bits per heavy atom. The van der Waals surface area contributed by atoms with Gasteiger partial charge in [-0.05, 0) is 31.4 Å². The zero-order valence-electron chi connectivity index (χ0n) is 13.2. The molecular formula is C17H19ClFN3O2. The molecule has 1 aliphatic carbocycles. The molecule has 2 aromatic heterocycles. The van der Waals surface area contributed by atoms with Crippen molar-refractivity contribution in [2.45, 2.75) is 50.2 Å². The van der Waals surface area contributed by atoms with Crippen LogP contribution in [0.5, 0.6) is 0 Å². The fraction of sp³-hybridized carbons (Fsp3) is 0.529. The highest BCUT2D eigenvalue weighted by atomic mass is 35.5. The average molecular weight is 352 g/mol. The second-order valence-corrected chi connectivity index (χ2v) is 7.19. The van der Waals surface area contributed by atoms with Gasteiger partial charge in [-0.15, -0.1) is 0 Å². The minimum Gasteiger partial charge on any atom is -0.373 e. The van der Waals surface area contributed by atoms with Crippen LogP contribution < -0.4 is 5.32 Å². The standard InChI is InChI=1S/C17H19ClFN3O2/c18-11-4-5-13-21-14(15(19)22(13)9-11)16(23)20-12-8-17(24-10-12)6-2-1-3-7-17/h4-5,9,12H,1-3,6-8,10H2,(H,20,23). The molecule has 7 heteroatoms. The Bertz CT molecular complexity index is 785. The van der Waals surface area contributed by atoms with Crippen LogP contribution in [0.4, 0.5) is 4.39 Å². The van der Waals surface area contributed by atoms with Crippen LogP contribution in [-0.4, -0.2) is 33.5 Å². The van der Waals surface area contributed by atoms with Gasteiger partial charge in [0.1, 0.15) is 5.65 Å². The second kappa shape index (κ2) is 6.01. The number of hydrogen-bond acceptors (Lipinski definition) is 3. The normalized spacial score (nSPS) is 23.0. The van der Waals surface area contributed by atoms with Gasteiger partial charge in [-0.1, -0.05) is 30.9 Å². The number of rotatable bonds is 2. The predicted molar refractivity (Wildman–Crippen MR) is 87.8 cm³/mol. The van der Waals surface area contributed by atoms with Crippen molar-refractivity contribution in [2.24, 2.45) is 0 Å². The highest BCUT2D eigenvalue weighted by molar-refractivity contribution is 6.30. The van der Waals surface area contributed by atoms with E-state index in [2.05, 4.69) is 10.3 Å². The van der Waals surface area contributed by atoms with Crippen molar-refractivity contribution in [3.63, 3.8) is 0 Å². The topological polar surface area (TPSA) is 55.6 Å². The zero-order valence-corrected chi connectivity index (χ0v) is 14.0. The maximum Gasteiger partial charge on any atom is 0.274 e. The maximum absolute atomic E-state index is 14.4. The first-order chi connectivity index (χ1) is 11.6. The van der Waals surface area contributed by atoms with E-state index in [9.17, 15) is 9.18 Å². The molecule has 0 radical (unpaired) electrons. The van der Waals surface area contributed by atoms with Gasteiger partial charge in [0.15, 0.2) is 5.69 Å². The number of halogens is 2. The summed E-state index contributed by atoms with van der Waals surface area (Å²) >= 11 is 5.87. The number of nitrogens with one attached hydrogen (secondary N) is 1. The Balaban J connectivity index is 1.50. The molecule has 2 aromatic rings. The van der Waals surface area contributed by atoms with Gasteiger partial charge < -0.3 is 10.1 Å². The van der Waals surface area contributed by atoms with E-state index in [4.69, 9.17) is 16.3 Å². The zero-order chi connectivity index (χ0) is 16.7.